The number of carbonyl (C=O) groups is 1. The van der Waals surface area contributed by atoms with Crippen molar-refractivity contribution in [3.05, 3.63) is 70.4 Å². The molecule has 0 bridgehead atoms. The molecule has 1 aromatic heterocycles. The van der Waals surface area contributed by atoms with E-state index in [1.54, 1.807) is 0 Å². The second kappa shape index (κ2) is 9.88. The Balaban J connectivity index is 1.51. The maximum absolute atomic E-state index is 13.5. The van der Waals surface area contributed by atoms with Gasteiger partial charge < -0.3 is 15.6 Å². The normalized spacial score (nSPS) is 14.7. The molecule has 1 fully saturated rings. The zero-order valence-electron chi connectivity index (χ0n) is 18.2. The topological polar surface area (TPSA) is 62.1 Å². The standard InChI is InChI=1S/C26H32ClN3O/c1-2-3-4-18-6-10-24(27)22(13-18)17-30(23-8-9-23)26(31)21(16-28)14-19-5-7-20-11-12-29-25(20)15-19/h5-7,10-13,15,21,23,29H,2-4,8-9,14,16-17,28H2,1H3. The first kappa shape index (κ1) is 21.9. The number of hydrogen-bond acceptors (Lipinski definition) is 2. The lowest BCUT2D eigenvalue weighted by Gasteiger charge is -2.28. The number of nitrogens with two attached hydrogens (primary N) is 1. The second-order valence-electron chi connectivity index (χ2n) is 8.76. The van der Waals surface area contributed by atoms with Gasteiger partial charge in [0.1, 0.15) is 0 Å². The summed E-state index contributed by atoms with van der Waals surface area (Å²) in [5.74, 6) is -0.0818. The van der Waals surface area contributed by atoms with Gasteiger partial charge in [-0.3, -0.25) is 4.79 Å². The molecule has 31 heavy (non-hydrogen) atoms. The van der Waals surface area contributed by atoms with Gasteiger partial charge in [0.05, 0.1) is 5.92 Å². The Kier molecular flexibility index (Phi) is 6.99. The minimum atomic E-state index is -0.227. The number of amides is 1. The fraction of sp³-hybridized carbons (Fsp3) is 0.423. The predicted molar refractivity (Wildman–Crippen MR) is 128 cm³/mol. The van der Waals surface area contributed by atoms with Crippen molar-refractivity contribution in [1.82, 2.24) is 9.88 Å². The molecule has 3 N–H and O–H groups in total. The number of nitrogens with zero attached hydrogens (tertiary/aromatic N) is 1. The third-order valence-corrected chi connectivity index (χ3v) is 6.64. The Hall–Kier alpha value is -2.30. The number of unbranched alkanes of at least 4 members (excludes halogenated alkanes) is 1. The van der Waals surface area contributed by atoms with Crippen LogP contribution in [-0.4, -0.2) is 28.4 Å². The van der Waals surface area contributed by atoms with E-state index in [0.29, 0.717) is 25.6 Å². The number of halogens is 1. The van der Waals surface area contributed by atoms with E-state index in [9.17, 15) is 4.79 Å². The molecule has 0 aliphatic heterocycles. The number of aryl methyl sites for hydroxylation is 1. The van der Waals surface area contributed by atoms with Gasteiger partial charge in [-0.15, -0.1) is 0 Å². The van der Waals surface area contributed by atoms with Crippen LogP contribution in [0.4, 0.5) is 0 Å². The van der Waals surface area contributed by atoms with Crippen LogP contribution < -0.4 is 5.73 Å². The molecular weight excluding hydrogens is 406 g/mol. The summed E-state index contributed by atoms with van der Waals surface area (Å²) in [6, 6.07) is 14.9. The van der Waals surface area contributed by atoms with Crippen molar-refractivity contribution in [2.45, 2.75) is 58.0 Å². The maximum Gasteiger partial charge on any atom is 0.227 e. The Bertz CT molecular complexity index is 1040. The number of aromatic nitrogens is 1. The summed E-state index contributed by atoms with van der Waals surface area (Å²) in [6.07, 6.45) is 8.08. The van der Waals surface area contributed by atoms with Gasteiger partial charge in [-0.1, -0.05) is 49.2 Å². The van der Waals surface area contributed by atoms with Gasteiger partial charge in [-0.25, -0.2) is 0 Å². The van der Waals surface area contributed by atoms with E-state index in [0.717, 1.165) is 53.8 Å². The highest BCUT2D eigenvalue weighted by Crippen LogP contribution is 2.32. The molecule has 2 aromatic carbocycles. The molecule has 1 unspecified atom stereocenters. The molecule has 1 atom stereocenters. The van der Waals surface area contributed by atoms with Crippen LogP contribution in [0.3, 0.4) is 0 Å². The third kappa shape index (κ3) is 5.31. The van der Waals surface area contributed by atoms with Crippen molar-refractivity contribution < 1.29 is 4.79 Å². The Morgan fingerprint density at radius 1 is 1.19 bits per heavy atom. The number of nitrogens with one attached hydrogen (secondary N) is 1. The molecule has 0 spiro atoms. The van der Waals surface area contributed by atoms with E-state index in [1.807, 2.05) is 17.2 Å². The quantitative estimate of drug-likeness (QED) is 0.441. The smallest absolute Gasteiger partial charge is 0.227 e. The largest absolute Gasteiger partial charge is 0.361 e. The number of H-pyrrole nitrogens is 1. The summed E-state index contributed by atoms with van der Waals surface area (Å²) in [4.78, 5) is 18.8. The van der Waals surface area contributed by atoms with E-state index < -0.39 is 0 Å². The molecule has 4 nitrogen and oxygen atoms in total. The van der Waals surface area contributed by atoms with Gasteiger partial charge >= 0.3 is 0 Å². The van der Waals surface area contributed by atoms with E-state index in [2.05, 4.69) is 48.3 Å². The SMILES string of the molecule is CCCCc1ccc(Cl)c(CN(C(=O)C(CN)Cc2ccc3cc[nH]c3c2)C2CC2)c1. The van der Waals surface area contributed by atoms with Crippen LogP contribution in [0.2, 0.25) is 5.02 Å². The minimum Gasteiger partial charge on any atom is -0.361 e. The Labute approximate surface area is 189 Å². The number of carbonyl (C=O) groups excluding carboxylic acids is 1. The first-order valence-electron chi connectivity index (χ1n) is 11.4. The summed E-state index contributed by atoms with van der Waals surface area (Å²) in [6.45, 7) is 3.11. The van der Waals surface area contributed by atoms with Crippen LogP contribution in [0.25, 0.3) is 10.9 Å². The summed E-state index contributed by atoms with van der Waals surface area (Å²) in [5.41, 5.74) is 10.7. The van der Waals surface area contributed by atoms with Crippen LogP contribution in [-0.2, 0) is 24.2 Å². The number of fused-ring (bicyclic) bond motifs is 1. The van der Waals surface area contributed by atoms with Crippen LogP contribution in [0.1, 0.15) is 49.3 Å². The molecular formula is C26H32ClN3O. The van der Waals surface area contributed by atoms with Crippen molar-refractivity contribution in [3.8, 4) is 0 Å². The van der Waals surface area contributed by atoms with E-state index in [4.69, 9.17) is 17.3 Å². The Morgan fingerprint density at radius 2 is 2.00 bits per heavy atom. The lowest BCUT2D eigenvalue weighted by Crippen LogP contribution is -2.41. The van der Waals surface area contributed by atoms with Gasteiger partial charge in [0.2, 0.25) is 5.91 Å². The van der Waals surface area contributed by atoms with Crippen molar-refractivity contribution in [2.24, 2.45) is 11.7 Å². The van der Waals surface area contributed by atoms with E-state index >= 15 is 0 Å². The fourth-order valence-electron chi connectivity index (χ4n) is 4.25. The summed E-state index contributed by atoms with van der Waals surface area (Å²) in [7, 11) is 0. The van der Waals surface area contributed by atoms with Gasteiger partial charge in [0.15, 0.2) is 0 Å². The molecule has 0 saturated heterocycles. The zero-order chi connectivity index (χ0) is 21.8. The maximum atomic E-state index is 13.5. The first-order chi connectivity index (χ1) is 15.1. The zero-order valence-corrected chi connectivity index (χ0v) is 19.0. The van der Waals surface area contributed by atoms with Crippen LogP contribution >= 0.6 is 11.6 Å². The van der Waals surface area contributed by atoms with Gasteiger partial charge in [-0.05, 0) is 72.4 Å². The van der Waals surface area contributed by atoms with Gasteiger partial charge in [0.25, 0.3) is 0 Å². The van der Waals surface area contributed by atoms with Crippen LogP contribution in [0, 0.1) is 5.92 Å². The number of benzene rings is 2. The lowest BCUT2D eigenvalue weighted by atomic mass is 9.96. The van der Waals surface area contributed by atoms with E-state index in [-0.39, 0.29) is 11.8 Å². The van der Waals surface area contributed by atoms with Crippen molar-refractivity contribution in [2.75, 3.05) is 6.54 Å². The monoisotopic (exact) mass is 437 g/mol. The highest BCUT2D eigenvalue weighted by Gasteiger charge is 2.35. The van der Waals surface area contributed by atoms with E-state index in [1.165, 1.54) is 10.9 Å². The molecule has 1 aliphatic rings. The highest BCUT2D eigenvalue weighted by atomic mass is 35.5. The number of aromatic amines is 1. The average Bonchev–Trinajstić information content (AvgIpc) is 3.52. The molecule has 1 amide bonds. The average molecular weight is 438 g/mol. The van der Waals surface area contributed by atoms with Gasteiger partial charge in [-0.2, -0.15) is 0 Å². The summed E-state index contributed by atoms with van der Waals surface area (Å²) < 4.78 is 0. The van der Waals surface area contributed by atoms with Crippen LogP contribution in [0.5, 0.6) is 0 Å². The van der Waals surface area contributed by atoms with Gasteiger partial charge in [0, 0.05) is 35.9 Å². The Morgan fingerprint density at radius 3 is 2.74 bits per heavy atom. The minimum absolute atomic E-state index is 0.145. The van der Waals surface area contributed by atoms with Crippen molar-refractivity contribution in [3.63, 3.8) is 0 Å². The molecule has 164 valence electrons. The molecule has 5 heteroatoms. The fourth-order valence-corrected chi connectivity index (χ4v) is 4.43. The van der Waals surface area contributed by atoms with Crippen LogP contribution in [0.15, 0.2) is 48.7 Å². The number of hydrogen-bond donors (Lipinski definition) is 2. The first-order valence-corrected chi connectivity index (χ1v) is 11.8. The summed E-state index contributed by atoms with van der Waals surface area (Å²) in [5, 5.41) is 1.91. The lowest BCUT2D eigenvalue weighted by molar-refractivity contribution is -0.136. The predicted octanol–water partition coefficient (Wildman–Crippen LogP) is 5.47. The second-order valence-corrected chi connectivity index (χ2v) is 9.17. The molecule has 4 rings (SSSR count). The summed E-state index contributed by atoms with van der Waals surface area (Å²) >= 11 is 6.53. The highest BCUT2D eigenvalue weighted by molar-refractivity contribution is 6.31. The van der Waals surface area contributed by atoms with Crippen molar-refractivity contribution in [1.29, 1.82) is 0 Å². The van der Waals surface area contributed by atoms with Crippen molar-refractivity contribution >= 4 is 28.4 Å². The molecule has 0 radical (unpaired) electrons. The molecule has 3 aromatic rings. The molecule has 1 heterocycles. The molecule has 1 aliphatic carbocycles. The third-order valence-electron chi connectivity index (χ3n) is 6.28. The molecule has 1 saturated carbocycles. The number of rotatable bonds is 10.